The smallest absolute Gasteiger partial charge is 0.545 e. The summed E-state index contributed by atoms with van der Waals surface area (Å²) >= 11 is 1.61. The summed E-state index contributed by atoms with van der Waals surface area (Å²) in [6, 6.07) is 13.4. The fourth-order valence-electron chi connectivity index (χ4n) is 4.39. The topological polar surface area (TPSA) is 82.5 Å². The number of carboxylic acids is 1. The van der Waals surface area contributed by atoms with Crippen LogP contribution in [-0.4, -0.2) is 29.3 Å². The van der Waals surface area contributed by atoms with Gasteiger partial charge in [0.05, 0.1) is 40.7 Å². The molecule has 0 unspecified atom stereocenters. The first kappa shape index (κ1) is 26.6. The number of pyridine rings is 1. The van der Waals surface area contributed by atoms with Crippen LogP contribution in [0.2, 0.25) is 0 Å². The number of nitrogens with zero attached hydrogens (tertiary/aromatic N) is 1. The first-order valence-corrected chi connectivity index (χ1v) is 12.1. The van der Waals surface area contributed by atoms with E-state index in [-0.39, 0.29) is 41.2 Å². The van der Waals surface area contributed by atoms with Crippen molar-refractivity contribution in [1.29, 1.82) is 0 Å². The second-order valence-electron chi connectivity index (χ2n) is 8.50. The summed E-state index contributed by atoms with van der Waals surface area (Å²) < 4.78 is 6.51. The van der Waals surface area contributed by atoms with E-state index in [2.05, 4.69) is 12.1 Å². The number of hydrogen-bond acceptors (Lipinski definition) is 6. The third-order valence-corrected chi connectivity index (χ3v) is 7.51. The van der Waals surface area contributed by atoms with Crippen molar-refractivity contribution in [3.05, 3.63) is 59.2 Å². The Morgan fingerprint density at radius 3 is 2.41 bits per heavy atom. The third-order valence-electron chi connectivity index (χ3n) is 6.21. The number of aryl methyl sites for hydroxylation is 2. The zero-order valence-electron chi connectivity index (χ0n) is 20.2. The van der Waals surface area contributed by atoms with E-state index in [4.69, 9.17) is 14.8 Å². The van der Waals surface area contributed by atoms with E-state index in [1.54, 1.807) is 23.5 Å². The summed E-state index contributed by atoms with van der Waals surface area (Å²) in [6.45, 7) is 3.95. The predicted octanol–water partition coefficient (Wildman–Crippen LogP) is 2.42. The molecule has 2 aromatic carbocycles. The van der Waals surface area contributed by atoms with Gasteiger partial charge in [-0.3, -0.25) is 0 Å². The van der Waals surface area contributed by atoms with E-state index in [0.29, 0.717) is 22.3 Å². The molecule has 172 valence electrons. The summed E-state index contributed by atoms with van der Waals surface area (Å²) in [5.74, 6) is -0.752. The van der Waals surface area contributed by atoms with E-state index < -0.39 is 5.97 Å². The largest absolute Gasteiger partial charge is 1.00 e. The average Bonchev–Trinajstić information content (AvgIpc) is 3.16. The minimum Gasteiger partial charge on any atom is -0.545 e. The summed E-state index contributed by atoms with van der Waals surface area (Å²) in [5, 5.41) is 22.4. The van der Waals surface area contributed by atoms with Crippen molar-refractivity contribution in [2.75, 3.05) is 7.11 Å². The van der Waals surface area contributed by atoms with Crippen molar-refractivity contribution in [3.8, 4) is 16.3 Å². The molecule has 1 fully saturated rings. The Labute approximate surface area is 226 Å². The number of aliphatic hydroxyl groups excluding tert-OH is 1. The first-order valence-electron chi connectivity index (χ1n) is 11.3. The van der Waals surface area contributed by atoms with Crippen LogP contribution in [0.3, 0.4) is 0 Å². The molecule has 1 N–H and O–H groups in total. The standard InChI is InChI=1S/C21H17NO3S.C6H12O.Na/c1-11-8-9-16(25-3)18-14(21(23)24)10-15(22-19(11)18)20-12(2)13-6-4-5-7-17(13)26-20;7-6-4-2-1-3-5-6;/h4-10H,1-3H3,(H,23,24);6-7H,1-5H2;/q;;+1/p-1. The predicted molar refractivity (Wildman–Crippen MR) is 132 cm³/mol. The van der Waals surface area contributed by atoms with Crippen molar-refractivity contribution < 1.29 is 49.3 Å². The normalized spacial score (nSPS) is 13.8. The van der Waals surface area contributed by atoms with Crippen LogP contribution in [-0.2, 0) is 0 Å². The maximum Gasteiger partial charge on any atom is 1.00 e. The van der Waals surface area contributed by atoms with Crippen LogP contribution < -0.4 is 39.4 Å². The Balaban J connectivity index is 0.000000350. The van der Waals surface area contributed by atoms with E-state index in [1.165, 1.54) is 26.4 Å². The van der Waals surface area contributed by atoms with Crippen LogP contribution >= 0.6 is 11.3 Å². The van der Waals surface area contributed by atoms with Crippen LogP contribution in [0.1, 0.15) is 53.6 Å². The molecule has 2 heterocycles. The van der Waals surface area contributed by atoms with E-state index in [1.807, 2.05) is 32.0 Å². The Bertz CT molecular complexity index is 1310. The number of thiophene rings is 1. The molecule has 1 saturated carbocycles. The summed E-state index contributed by atoms with van der Waals surface area (Å²) in [4.78, 5) is 17.6. The quantitative estimate of drug-likeness (QED) is 0.451. The number of fused-ring (bicyclic) bond motifs is 2. The Morgan fingerprint density at radius 2 is 1.82 bits per heavy atom. The second-order valence-corrected chi connectivity index (χ2v) is 9.55. The van der Waals surface area contributed by atoms with Crippen molar-refractivity contribution >= 4 is 38.3 Å². The molecule has 0 bridgehead atoms. The number of carbonyl (C=O) groups excluding carboxylic acids is 1. The van der Waals surface area contributed by atoms with Gasteiger partial charge >= 0.3 is 29.6 Å². The maximum atomic E-state index is 11.8. The van der Waals surface area contributed by atoms with Crippen LogP contribution in [0.5, 0.6) is 5.75 Å². The Morgan fingerprint density at radius 1 is 1.12 bits per heavy atom. The average molecular weight is 486 g/mol. The van der Waals surface area contributed by atoms with Gasteiger partial charge < -0.3 is 19.7 Å². The van der Waals surface area contributed by atoms with Gasteiger partial charge in [-0.1, -0.05) is 43.5 Å². The first-order chi connectivity index (χ1) is 15.9. The van der Waals surface area contributed by atoms with Crippen LogP contribution in [0.15, 0.2) is 42.5 Å². The van der Waals surface area contributed by atoms with Gasteiger partial charge in [0.1, 0.15) is 5.75 Å². The van der Waals surface area contributed by atoms with E-state index >= 15 is 0 Å². The third kappa shape index (κ3) is 5.47. The molecule has 1 aliphatic carbocycles. The number of aromatic nitrogens is 1. The van der Waals surface area contributed by atoms with Crippen LogP contribution in [0.4, 0.5) is 0 Å². The molecule has 0 amide bonds. The number of carbonyl (C=O) groups is 1. The molecular weight excluding hydrogens is 457 g/mol. The number of ether oxygens (including phenoxy) is 1. The molecule has 5 rings (SSSR count). The van der Waals surface area contributed by atoms with Crippen molar-refractivity contribution in [1.82, 2.24) is 4.98 Å². The van der Waals surface area contributed by atoms with Crippen LogP contribution in [0, 0.1) is 13.8 Å². The Kier molecular flexibility index (Phi) is 9.13. The molecule has 1 aliphatic rings. The van der Waals surface area contributed by atoms with Gasteiger partial charge in [-0.15, -0.1) is 11.3 Å². The minimum absolute atomic E-state index is 0. The molecule has 7 heteroatoms. The molecule has 4 aromatic rings. The molecule has 2 aromatic heterocycles. The van der Waals surface area contributed by atoms with Gasteiger partial charge in [-0.25, -0.2) is 4.98 Å². The number of aliphatic hydroxyl groups is 1. The summed E-state index contributed by atoms with van der Waals surface area (Å²) in [6.07, 6.45) is 5.92. The summed E-state index contributed by atoms with van der Waals surface area (Å²) in [7, 11) is 1.52. The second kappa shape index (κ2) is 11.6. The minimum atomic E-state index is -1.23. The Hall–Kier alpha value is -1.96. The zero-order chi connectivity index (χ0) is 23.5. The van der Waals surface area contributed by atoms with Gasteiger partial charge in [0, 0.05) is 10.3 Å². The number of rotatable bonds is 3. The van der Waals surface area contributed by atoms with Gasteiger partial charge in [-0.2, -0.15) is 0 Å². The SMILES string of the molecule is COc1ccc(C)c2nc(-c3sc4ccccc4c3C)cc(C(=O)[O-])c12.OC1CCCCC1.[Na+]. The zero-order valence-corrected chi connectivity index (χ0v) is 23.0. The molecule has 0 saturated heterocycles. The fourth-order valence-corrected chi connectivity index (χ4v) is 5.56. The van der Waals surface area contributed by atoms with E-state index in [9.17, 15) is 9.90 Å². The number of hydrogen-bond donors (Lipinski definition) is 1. The van der Waals surface area contributed by atoms with Gasteiger partial charge in [0.15, 0.2) is 0 Å². The van der Waals surface area contributed by atoms with Crippen LogP contribution in [0.25, 0.3) is 31.6 Å². The number of carboxylic acid groups (broad SMARTS) is 1. The fraction of sp³-hybridized carbons (Fsp3) is 0.333. The number of methoxy groups -OCH3 is 1. The number of aromatic carboxylic acids is 1. The molecule has 34 heavy (non-hydrogen) atoms. The molecule has 0 atom stereocenters. The molecule has 0 spiro atoms. The molecule has 0 aliphatic heterocycles. The number of benzene rings is 2. The van der Waals surface area contributed by atoms with E-state index in [0.717, 1.165) is 38.9 Å². The van der Waals surface area contributed by atoms with Crippen molar-refractivity contribution in [3.63, 3.8) is 0 Å². The monoisotopic (exact) mass is 485 g/mol. The van der Waals surface area contributed by atoms with Gasteiger partial charge in [0.25, 0.3) is 0 Å². The molecule has 0 radical (unpaired) electrons. The molecule has 5 nitrogen and oxygen atoms in total. The van der Waals surface area contributed by atoms with Gasteiger partial charge in [0.2, 0.25) is 0 Å². The van der Waals surface area contributed by atoms with Crippen molar-refractivity contribution in [2.45, 2.75) is 52.1 Å². The summed E-state index contributed by atoms with van der Waals surface area (Å²) in [5.41, 5.74) is 3.36. The van der Waals surface area contributed by atoms with Crippen molar-refractivity contribution in [2.24, 2.45) is 0 Å². The molecular formula is C27H28NNaO4S. The maximum absolute atomic E-state index is 11.8. The van der Waals surface area contributed by atoms with Gasteiger partial charge in [-0.05, 0) is 61.4 Å².